The second-order valence-corrected chi connectivity index (χ2v) is 6.87. The van der Waals surface area contributed by atoms with Crippen LogP contribution in [0.4, 0.5) is 0 Å². The number of hydrogen-bond acceptors (Lipinski definition) is 3. The Bertz CT molecular complexity index is 1040. The van der Waals surface area contributed by atoms with Crippen LogP contribution in [-0.2, 0) is 0 Å². The first-order valence-electron chi connectivity index (χ1n) is 8.92. The second kappa shape index (κ2) is 7.61. The Balaban J connectivity index is 2.05. The van der Waals surface area contributed by atoms with E-state index >= 15 is 0 Å². The van der Waals surface area contributed by atoms with Gasteiger partial charge in [-0.25, -0.2) is 0 Å². The zero-order valence-electron chi connectivity index (χ0n) is 15.3. The molecule has 2 heterocycles. The quantitative estimate of drug-likeness (QED) is 0.631. The Morgan fingerprint density at radius 1 is 1.15 bits per heavy atom. The molecule has 0 bridgehead atoms. The molecule has 0 spiro atoms. The average Bonchev–Trinajstić information content (AvgIpc) is 2.62. The van der Waals surface area contributed by atoms with Gasteiger partial charge in [-0.05, 0) is 44.4 Å². The summed E-state index contributed by atoms with van der Waals surface area (Å²) in [5, 5.41) is 0. The standard InChI is InChI=1S/C21H23N3O3/c1-4-6-15-10-13(3)11-16(7-5-2)24(15)21(27)14-8-9-17-18(12-14)23-20(26)19(25)22-17/h4-5,8-10,12,15-16H,1-2,6-7,11H2,3H3,(H,22,25)(H,23,26)/t15-,16-/m1/s1. The topological polar surface area (TPSA) is 86.0 Å². The molecular formula is C21H23N3O3. The lowest BCUT2D eigenvalue weighted by atomic mass is 9.91. The van der Waals surface area contributed by atoms with Crippen molar-refractivity contribution in [1.82, 2.24) is 14.9 Å². The van der Waals surface area contributed by atoms with E-state index in [1.807, 2.05) is 17.1 Å². The van der Waals surface area contributed by atoms with Gasteiger partial charge >= 0.3 is 11.1 Å². The molecule has 1 aromatic heterocycles. The fraction of sp³-hybridized carbons (Fsp3) is 0.286. The van der Waals surface area contributed by atoms with Crippen LogP contribution in [0.3, 0.4) is 0 Å². The Labute approximate surface area is 156 Å². The van der Waals surface area contributed by atoms with Crippen molar-refractivity contribution in [3.05, 3.63) is 81.4 Å². The predicted molar refractivity (Wildman–Crippen MR) is 107 cm³/mol. The number of benzene rings is 1. The molecule has 0 saturated heterocycles. The van der Waals surface area contributed by atoms with E-state index in [0.717, 1.165) is 6.42 Å². The van der Waals surface area contributed by atoms with Crippen LogP contribution in [-0.4, -0.2) is 32.9 Å². The van der Waals surface area contributed by atoms with Crippen molar-refractivity contribution < 1.29 is 4.79 Å². The van der Waals surface area contributed by atoms with E-state index in [1.54, 1.807) is 18.2 Å². The van der Waals surface area contributed by atoms with Crippen molar-refractivity contribution in [1.29, 1.82) is 0 Å². The third-order valence-electron chi connectivity index (χ3n) is 4.84. The van der Waals surface area contributed by atoms with Crippen molar-refractivity contribution in [2.75, 3.05) is 0 Å². The van der Waals surface area contributed by atoms with Crippen LogP contribution < -0.4 is 11.1 Å². The van der Waals surface area contributed by atoms with Crippen LogP contribution >= 0.6 is 0 Å². The lowest BCUT2D eigenvalue weighted by molar-refractivity contribution is 0.0601. The number of hydrogen-bond donors (Lipinski definition) is 2. The number of fused-ring (bicyclic) bond motifs is 1. The molecule has 1 aliphatic rings. The molecular weight excluding hydrogens is 342 g/mol. The van der Waals surface area contributed by atoms with Crippen molar-refractivity contribution in [2.45, 2.75) is 38.3 Å². The number of carbonyl (C=O) groups is 1. The van der Waals surface area contributed by atoms with Gasteiger partial charge in [0.1, 0.15) is 0 Å². The summed E-state index contributed by atoms with van der Waals surface area (Å²) in [6.07, 6.45) is 7.91. The lowest BCUT2D eigenvalue weighted by Gasteiger charge is -2.40. The Hall–Kier alpha value is -3.15. The molecule has 2 atom stereocenters. The van der Waals surface area contributed by atoms with E-state index in [9.17, 15) is 14.4 Å². The molecule has 27 heavy (non-hydrogen) atoms. The summed E-state index contributed by atoms with van der Waals surface area (Å²) in [6.45, 7) is 9.72. The molecule has 140 valence electrons. The van der Waals surface area contributed by atoms with Gasteiger partial charge < -0.3 is 14.9 Å². The number of nitrogens with one attached hydrogen (secondary N) is 2. The van der Waals surface area contributed by atoms with E-state index in [0.29, 0.717) is 29.4 Å². The van der Waals surface area contributed by atoms with Crippen LogP contribution in [0, 0.1) is 0 Å². The van der Waals surface area contributed by atoms with E-state index in [1.165, 1.54) is 5.57 Å². The molecule has 0 unspecified atom stereocenters. The van der Waals surface area contributed by atoms with Crippen molar-refractivity contribution >= 4 is 16.9 Å². The highest BCUT2D eigenvalue weighted by Crippen LogP contribution is 2.29. The number of rotatable bonds is 5. The first kappa shape index (κ1) is 18.6. The number of nitrogens with zero attached hydrogens (tertiary/aromatic N) is 1. The van der Waals surface area contributed by atoms with Crippen LogP contribution in [0.25, 0.3) is 11.0 Å². The summed E-state index contributed by atoms with van der Waals surface area (Å²) < 4.78 is 0. The maximum atomic E-state index is 13.3. The number of aromatic amines is 2. The molecule has 2 N–H and O–H groups in total. The summed E-state index contributed by atoms with van der Waals surface area (Å²) in [4.78, 5) is 43.3. The minimum absolute atomic E-state index is 0.0234. The minimum Gasteiger partial charge on any atom is -0.328 e. The summed E-state index contributed by atoms with van der Waals surface area (Å²) in [6, 6.07) is 4.86. The highest BCUT2D eigenvalue weighted by atomic mass is 16.2. The molecule has 1 amide bonds. The fourth-order valence-electron chi connectivity index (χ4n) is 3.67. The highest BCUT2D eigenvalue weighted by molar-refractivity contribution is 5.97. The zero-order valence-corrected chi connectivity index (χ0v) is 15.3. The molecule has 0 radical (unpaired) electrons. The first-order chi connectivity index (χ1) is 12.9. The van der Waals surface area contributed by atoms with Gasteiger partial charge in [-0.15, -0.1) is 13.2 Å². The van der Waals surface area contributed by atoms with Crippen molar-refractivity contribution in [2.24, 2.45) is 0 Å². The van der Waals surface area contributed by atoms with Crippen LogP contribution in [0.1, 0.15) is 36.5 Å². The van der Waals surface area contributed by atoms with E-state index in [-0.39, 0.29) is 18.0 Å². The molecule has 2 aromatic rings. The van der Waals surface area contributed by atoms with Crippen LogP contribution in [0.5, 0.6) is 0 Å². The van der Waals surface area contributed by atoms with Gasteiger partial charge in [0.05, 0.1) is 17.1 Å². The third kappa shape index (κ3) is 3.69. The van der Waals surface area contributed by atoms with Crippen LogP contribution in [0.2, 0.25) is 0 Å². The van der Waals surface area contributed by atoms with E-state index in [4.69, 9.17) is 0 Å². The highest BCUT2D eigenvalue weighted by Gasteiger charge is 2.32. The zero-order chi connectivity index (χ0) is 19.6. The second-order valence-electron chi connectivity index (χ2n) is 6.87. The molecule has 6 nitrogen and oxygen atoms in total. The molecule has 3 rings (SSSR count). The maximum Gasteiger partial charge on any atom is 0.314 e. The molecule has 6 heteroatoms. The van der Waals surface area contributed by atoms with Gasteiger partial charge in [-0.2, -0.15) is 0 Å². The maximum absolute atomic E-state index is 13.3. The largest absolute Gasteiger partial charge is 0.328 e. The summed E-state index contributed by atoms with van der Waals surface area (Å²) in [5.74, 6) is -0.119. The Kier molecular flexibility index (Phi) is 5.26. The SMILES string of the molecule is C=CC[C@@H]1CC(C)=C[C@@H](CC=C)N1C(=O)c1ccc2[nH]c(=O)c(=O)[nH]c2c1. The molecule has 0 fully saturated rings. The number of amides is 1. The van der Waals surface area contributed by atoms with Crippen molar-refractivity contribution in [3.8, 4) is 0 Å². The number of aromatic nitrogens is 2. The Morgan fingerprint density at radius 2 is 1.81 bits per heavy atom. The van der Waals surface area contributed by atoms with Gasteiger partial charge in [-0.3, -0.25) is 14.4 Å². The monoisotopic (exact) mass is 365 g/mol. The summed E-state index contributed by atoms with van der Waals surface area (Å²) >= 11 is 0. The normalized spacial score (nSPS) is 19.6. The summed E-state index contributed by atoms with van der Waals surface area (Å²) in [7, 11) is 0. The van der Waals surface area contributed by atoms with Gasteiger partial charge in [0, 0.05) is 11.6 Å². The van der Waals surface area contributed by atoms with Gasteiger partial charge in [-0.1, -0.05) is 23.8 Å². The molecule has 0 saturated carbocycles. The number of carbonyl (C=O) groups excluding carboxylic acids is 1. The average molecular weight is 365 g/mol. The Morgan fingerprint density at radius 3 is 2.48 bits per heavy atom. The number of H-pyrrole nitrogens is 2. The minimum atomic E-state index is -0.738. The smallest absolute Gasteiger partial charge is 0.314 e. The van der Waals surface area contributed by atoms with Gasteiger partial charge in [0.25, 0.3) is 5.91 Å². The molecule has 0 aliphatic carbocycles. The molecule has 1 aliphatic heterocycles. The van der Waals surface area contributed by atoms with Crippen molar-refractivity contribution in [3.63, 3.8) is 0 Å². The van der Waals surface area contributed by atoms with Crippen LogP contribution in [0.15, 0.2) is 64.7 Å². The van der Waals surface area contributed by atoms with Gasteiger partial charge in [0.15, 0.2) is 0 Å². The molecule has 1 aromatic carbocycles. The first-order valence-corrected chi connectivity index (χ1v) is 8.92. The fourth-order valence-corrected chi connectivity index (χ4v) is 3.67. The van der Waals surface area contributed by atoms with E-state index in [2.05, 4.69) is 36.1 Å². The van der Waals surface area contributed by atoms with Gasteiger partial charge in [0.2, 0.25) is 0 Å². The summed E-state index contributed by atoms with van der Waals surface area (Å²) in [5.41, 5.74) is 1.16. The lowest BCUT2D eigenvalue weighted by Crippen LogP contribution is -2.48. The van der Waals surface area contributed by atoms with E-state index < -0.39 is 11.1 Å². The third-order valence-corrected chi connectivity index (χ3v) is 4.84. The predicted octanol–water partition coefficient (Wildman–Crippen LogP) is 2.90.